The fourth-order valence-electron chi connectivity index (χ4n) is 2.60. The second-order valence-corrected chi connectivity index (χ2v) is 4.70. The lowest BCUT2D eigenvalue weighted by Gasteiger charge is -2.32. The van der Waals surface area contributed by atoms with Crippen molar-refractivity contribution in [2.24, 2.45) is 0 Å². The topological polar surface area (TPSA) is 32.3 Å². The first kappa shape index (κ1) is 10.7. The van der Waals surface area contributed by atoms with Crippen molar-refractivity contribution in [1.82, 2.24) is 5.32 Å². The first-order valence-electron chi connectivity index (χ1n) is 5.65. The van der Waals surface area contributed by atoms with Crippen molar-refractivity contribution in [3.8, 4) is 0 Å². The number of fused-ring (bicyclic) bond motifs is 1. The molecule has 1 aliphatic carbocycles. The van der Waals surface area contributed by atoms with Crippen molar-refractivity contribution in [3.05, 3.63) is 35.4 Å². The summed E-state index contributed by atoms with van der Waals surface area (Å²) in [4.78, 5) is 0. The average Bonchev–Trinajstić information content (AvgIpc) is 2.58. The standard InChI is InChI=1S/C13H19NO/c1-10(2)14-13(9-15)8-7-11-5-3-4-6-12(11)13/h3-6,10,14-15H,7-9H2,1-2H3. The van der Waals surface area contributed by atoms with Crippen LogP contribution in [0.25, 0.3) is 0 Å². The van der Waals surface area contributed by atoms with Crippen molar-refractivity contribution >= 4 is 0 Å². The SMILES string of the molecule is CC(C)NC1(CO)CCc2ccccc21. The quantitative estimate of drug-likeness (QED) is 0.789. The van der Waals surface area contributed by atoms with Crippen LogP contribution in [-0.2, 0) is 12.0 Å². The zero-order valence-corrected chi connectivity index (χ0v) is 9.46. The van der Waals surface area contributed by atoms with Gasteiger partial charge in [-0.05, 0) is 37.8 Å². The molecule has 15 heavy (non-hydrogen) atoms. The van der Waals surface area contributed by atoms with E-state index >= 15 is 0 Å². The van der Waals surface area contributed by atoms with E-state index in [1.165, 1.54) is 11.1 Å². The molecule has 1 aliphatic rings. The predicted molar refractivity (Wildman–Crippen MR) is 61.8 cm³/mol. The Morgan fingerprint density at radius 1 is 1.40 bits per heavy atom. The third-order valence-corrected chi connectivity index (χ3v) is 3.19. The molecule has 1 aromatic carbocycles. The molecule has 0 aliphatic heterocycles. The minimum Gasteiger partial charge on any atom is -0.394 e. The molecule has 0 amide bonds. The van der Waals surface area contributed by atoms with E-state index in [-0.39, 0.29) is 12.1 Å². The normalized spacial score (nSPS) is 24.5. The van der Waals surface area contributed by atoms with Crippen LogP contribution in [0.1, 0.15) is 31.4 Å². The highest BCUT2D eigenvalue weighted by molar-refractivity contribution is 5.38. The maximum Gasteiger partial charge on any atom is 0.0676 e. The third-order valence-electron chi connectivity index (χ3n) is 3.19. The lowest BCUT2D eigenvalue weighted by molar-refractivity contribution is 0.151. The summed E-state index contributed by atoms with van der Waals surface area (Å²) in [6, 6.07) is 8.81. The third kappa shape index (κ3) is 1.80. The van der Waals surface area contributed by atoms with Gasteiger partial charge in [-0.25, -0.2) is 0 Å². The van der Waals surface area contributed by atoms with Gasteiger partial charge < -0.3 is 10.4 Å². The highest BCUT2D eigenvalue weighted by Crippen LogP contribution is 2.36. The smallest absolute Gasteiger partial charge is 0.0676 e. The number of aryl methyl sites for hydroxylation is 1. The van der Waals surface area contributed by atoms with E-state index in [0.29, 0.717) is 6.04 Å². The van der Waals surface area contributed by atoms with Crippen LogP contribution >= 0.6 is 0 Å². The minimum absolute atomic E-state index is 0.183. The second kappa shape index (κ2) is 3.95. The van der Waals surface area contributed by atoms with Crippen LogP contribution in [0.4, 0.5) is 0 Å². The molecule has 0 heterocycles. The number of rotatable bonds is 3. The monoisotopic (exact) mass is 205 g/mol. The first-order chi connectivity index (χ1) is 7.18. The van der Waals surface area contributed by atoms with Crippen molar-refractivity contribution in [3.63, 3.8) is 0 Å². The van der Waals surface area contributed by atoms with E-state index in [2.05, 4.69) is 43.4 Å². The Balaban J connectivity index is 2.36. The van der Waals surface area contributed by atoms with Crippen LogP contribution < -0.4 is 5.32 Å². The zero-order chi connectivity index (χ0) is 10.9. The molecule has 82 valence electrons. The van der Waals surface area contributed by atoms with Gasteiger partial charge >= 0.3 is 0 Å². The van der Waals surface area contributed by atoms with E-state index < -0.39 is 0 Å². The Labute approximate surface area is 91.3 Å². The maximum atomic E-state index is 9.65. The Bertz CT molecular complexity index is 348. The summed E-state index contributed by atoms with van der Waals surface area (Å²) in [6.45, 7) is 4.43. The number of hydrogen-bond donors (Lipinski definition) is 2. The maximum absolute atomic E-state index is 9.65. The summed E-state index contributed by atoms with van der Waals surface area (Å²) in [6.07, 6.45) is 2.07. The summed E-state index contributed by atoms with van der Waals surface area (Å²) in [7, 11) is 0. The average molecular weight is 205 g/mol. The van der Waals surface area contributed by atoms with Crippen LogP contribution in [0.5, 0.6) is 0 Å². The molecule has 0 fully saturated rings. The molecular formula is C13H19NO. The minimum atomic E-state index is -0.204. The van der Waals surface area contributed by atoms with Gasteiger partial charge in [0.2, 0.25) is 0 Å². The molecule has 1 unspecified atom stereocenters. The van der Waals surface area contributed by atoms with Crippen LogP contribution in [0, 0.1) is 0 Å². The second-order valence-electron chi connectivity index (χ2n) is 4.70. The number of hydrogen-bond acceptors (Lipinski definition) is 2. The van der Waals surface area contributed by atoms with Gasteiger partial charge in [-0.3, -0.25) is 0 Å². The molecule has 0 radical (unpaired) electrons. The fraction of sp³-hybridized carbons (Fsp3) is 0.538. The molecule has 2 nitrogen and oxygen atoms in total. The van der Waals surface area contributed by atoms with Crippen molar-refractivity contribution in [1.29, 1.82) is 0 Å². The Kier molecular flexibility index (Phi) is 2.81. The number of aliphatic hydroxyl groups is 1. The molecule has 0 saturated heterocycles. The number of nitrogens with one attached hydrogen (secondary N) is 1. The molecule has 2 N–H and O–H groups in total. The van der Waals surface area contributed by atoms with Gasteiger partial charge in [-0.2, -0.15) is 0 Å². The van der Waals surface area contributed by atoms with Crippen LogP contribution in [0.15, 0.2) is 24.3 Å². The number of aliphatic hydroxyl groups excluding tert-OH is 1. The highest BCUT2D eigenvalue weighted by Gasteiger charge is 2.37. The molecule has 0 aromatic heterocycles. The number of benzene rings is 1. The van der Waals surface area contributed by atoms with E-state index in [1.54, 1.807) is 0 Å². The Hall–Kier alpha value is -0.860. The molecule has 1 atom stereocenters. The molecule has 2 rings (SSSR count). The highest BCUT2D eigenvalue weighted by atomic mass is 16.3. The van der Waals surface area contributed by atoms with Crippen LogP contribution in [0.2, 0.25) is 0 Å². The van der Waals surface area contributed by atoms with E-state index in [1.807, 2.05) is 0 Å². The van der Waals surface area contributed by atoms with Crippen LogP contribution in [-0.4, -0.2) is 17.8 Å². The Morgan fingerprint density at radius 2 is 2.13 bits per heavy atom. The fourth-order valence-corrected chi connectivity index (χ4v) is 2.60. The molecule has 1 aromatic rings. The zero-order valence-electron chi connectivity index (χ0n) is 9.46. The van der Waals surface area contributed by atoms with Gasteiger partial charge in [0.25, 0.3) is 0 Å². The predicted octanol–water partition coefficient (Wildman–Crippen LogP) is 1.82. The van der Waals surface area contributed by atoms with Gasteiger partial charge in [-0.15, -0.1) is 0 Å². The van der Waals surface area contributed by atoms with Gasteiger partial charge in [-0.1, -0.05) is 24.3 Å². The molecular weight excluding hydrogens is 186 g/mol. The van der Waals surface area contributed by atoms with Gasteiger partial charge in [0.1, 0.15) is 0 Å². The summed E-state index contributed by atoms with van der Waals surface area (Å²) in [5, 5.41) is 13.2. The first-order valence-corrected chi connectivity index (χ1v) is 5.65. The van der Waals surface area contributed by atoms with Gasteiger partial charge in [0, 0.05) is 6.04 Å². The van der Waals surface area contributed by atoms with Gasteiger partial charge in [0.15, 0.2) is 0 Å². The summed E-state index contributed by atoms with van der Waals surface area (Å²) in [5.41, 5.74) is 2.45. The van der Waals surface area contributed by atoms with E-state index in [9.17, 15) is 5.11 Å². The summed E-state index contributed by atoms with van der Waals surface area (Å²) >= 11 is 0. The molecule has 0 bridgehead atoms. The van der Waals surface area contributed by atoms with E-state index in [0.717, 1.165) is 12.8 Å². The summed E-state index contributed by atoms with van der Waals surface area (Å²) < 4.78 is 0. The lowest BCUT2D eigenvalue weighted by Crippen LogP contribution is -2.47. The van der Waals surface area contributed by atoms with Gasteiger partial charge in [0.05, 0.1) is 12.1 Å². The van der Waals surface area contributed by atoms with Crippen molar-refractivity contribution in [2.75, 3.05) is 6.61 Å². The molecule has 2 heteroatoms. The van der Waals surface area contributed by atoms with Crippen LogP contribution in [0.3, 0.4) is 0 Å². The molecule has 0 spiro atoms. The largest absolute Gasteiger partial charge is 0.394 e. The van der Waals surface area contributed by atoms with E-state index in [4.69, 9.17) is 0 Å². The van der Waals surface area contributed by atoms with Crippen molar-refractivity contribution < 1.29 is 5.11 Å². The molecule has 0 saturated carbocycles. The summed E-state index contributed by atoms with van der Waals surface area (Å²) in [5.74, 6) is 0. The van der Waals surface area contributed by atoms with Crippen molar-refractivity contribution in [2.45, 2.75) is 38.3 Å². The Morgan fingerprint density at radius 3 is 2.80 bits per heavy atom. The lowest BCUT2D eigenvalue weighted by atomic mass is 9.92.